The van der Waals surface area contributed by atoms with E-state index >= 15 is 0 Å². The van der Waals surface area contributed by atoms with E-state index in [-0.39, 0.29) is 25.2 Å². The molecule has 0 amide bonds. The SMILES string of the molecule is CC/C=C\C/C=C\C/C=C\CCCCCC(=O)OC(COCCCCCCCCCCCCCCCCCC)COC(=O)CCCCCCCCC/C=C\C/C=C\CCCCC. The number of esters is 2. The number of allylic oxidation sites excluding steroid dienone is 10. The standard InChI is InChI=1S/C57H102O5/c1-4-7-10-13-16-19-22-25-27-29-30-33-35-38-41-44-47-50-56(58)61-54-55(62-57(59)51-48-45-42-39-36-32-24-21-18-15-12-9-6-3)53-60-52-49-46-43-40-37-34-31-28-26-23-20-17-14-11-8-5-2/h9,12,16,18-19,21,25,27,32,36,55H,4-8,10-11,13-15,17,20,22-24,26,28-31,33-35,37-54H2,1-3H3/b12-9-,19-16-,21-18-,27-25-,36-32-. The highest BCUT2D eigenvalue weighted by Crippen LogP contribution is 2.15. The maximum Gasteiger partial charge on any atom is 0.306 e. The fourth-order valence-electron chi connectivity index (χ4n) is 7.56. The molecule has 62 heavy (non-hydrogen) atoms. The number of ether oxygens (including phenoxy) is 3. The van der Waals surface area contributed by atoms with Gasteiger partial charge in [0.15, 0.2) is 6.10 Å². The molecule has 0 aliphatic heterocycles. The van der Waals surface area contributed by atoms with Gasteiger partial charge >= 0.3 is 11.9 Å². The second-order valence-corrected chi connectivity index (χ2v) is 17.8. The summed E-state index contributed by atoms with van der Waals surface area (Å²) in [6, 6.07) is 0. The molecule has 0 aromatic heterocycles. The summed E-state index contributed by atoms with van der Waals surface area (Å²) in [4.78, 5) is 25.4. The van der Waals surface area contributed by atoms with E-state index in [9.17, 15) is 9.59 Å². The Balaban J connectivity index is 4.28. The molecule has 0 N–H and O–H groups in total. The van der Waals surface area contributed by atoms with Gasteiger partial charge in [-0.1, -0.05) is 229 Å². The van der Waals surface area contributed by atoms with Crippen LogP contribution in [0.2, 0.25) is 0 Å². The summed E-state index contributed by atoms with van der Waals surface area (Å²) >= 11 is 0. The highest BCUT2D eigenvalue weighted by Gasteiger charge is 2.17. The smallest absolute Gasteiger partial charge is 0.306 e. The quantitative estimate of drug-likeness (QED) is 0.0346. The summed E-state index contributed by atoms with van der Waals surface area (Å²) in [5.74, 6) is -0.431. The molecule has 0 radical (unpaired) electrons. The van der Waals surface area contributed by atoms with E-state index in [0.29, 0.717) is 19.4 Å². The second kappa shape index (κ2) is 52.9. The Morgan fingerprint density at radius 3 is 1.21 bits per heavy atom. The molecule has 0 aromatic rings. The summed E-state index contributed by atoms with van der Waals surface area (Å²) in [5, 5.41) is 0. The maximum atomic E-state index is 12.8. The van der Waals surface area contributed by atoms with Crippen molar-refractivity contribution in [3.8, 4) is 0 Å². The van der Waals surface area contributed by atoms with Crippen LogP contribution in [0.15, 0.2) is 60.8 Å². The van der Waals surface area contributed by atoms with E-state index < -0.39 is 6.10 Å². The van der Waals surface area contributed by atoms with Crippen LogP contribution in [0, 0.1) is 0 Å². The van der Waals surface area contributed by atoms with Crippen LogP contribution in [-0.4, -0.2) is 37.9 Å². The van der Waals surface area contributed by atoms with E-state index in [4.69, 9.17) is 14.2 Å². The monoisotopic (exact) mass is 867 g/mol. The molecule has 0 aliphatic carbocycles. The van der Waals surface area contributed by atoms with Gasteiger partial charge in [0.1, 0.15) is 6.61 Å². The average molecular weight is 867 g/mol. The molecule has 0 saturated carbocycles. The lowest BCUT2D eigenvalue weighted by molar-refractivity contribution is -0.163. The lowest BCUT2D eigenvalue weighted by Gasteiger charge is -2.18. The molecule has 0 aromatic carbocycles. The van der Waals surface area contributed by atoms with E-state index in [1.165, 1.54) is 148 Å². The summed E-state index contributed by atoms with van der Waals surface area (Å²) in [7, 11) is 0. The second-order valence-electron chi connectivity index (χ2n) is 17.8. The van der Waals surface area contributed by atoms with Crippen molar-refractivity contribution >= 4 is 11.9 Å². The topological polar surface area (TPSA) is 61.8 Å². The van der Waals surface area contributed by atoms with Crippen molar-refractivity contribution in [3.05, 3.63) is 60.8 Å². The Bertz CT molecular complexity index is 1070. The zero-order chi connectivity index (χ0) is 44.9. The highest BCUT2D eigenvalue weighted by molar-refractivity contribution is 5.70. The van der Waals surface area contributed by atoms with Crippen LogP contribution < -0.4 is 0 Å². The zero-order valence-corrected chi connectivity index (χ0v) is 41.4. The van der Waals surface area contributed by atoms with Gasteiger partial charge in [-0.05, 0) is 83.5 Å². The molecule has 0 saturated heterocycles. The Morgan fingerprint density at radius 1 is 0.371 bits per heavy atom. The summed E-state index contributed by atoms with van der Waals surface area (Å²) in [6.45, 7) is 7.68. The summed E-state index contributed by atoms with van der Waals surface area (Å²) in [5.41, 5.74) is 0. The van der Waals surface area contributed by atoms with Crippen molar-refractivity contribution in [1.29, 1.82) is 0 Å². The molecule has 5 nitrogen and oxygen atoms in total. The van der Waals surface area contributed by atoms with Gasteiger partial charge in [-0.2, -0.15) is 0 Å². The fraction of sp³-hybridized carbons (Fsp3) is 0.789. The molecule has 360 valence electrons. The molecule has 0 aliphatic rings. The first kappa shape index (κ1) is 59.6. The molecule has 0 rings (SSSR count). The lowest BCUT2D eigenvalue weighted by Crippen LogP contribution is -2.30. The Labute approximate surface area is 385 Å². The third-order valence-electron chi connectivity index (χ3n) is 11.5. The van der Waals surface area contributed by atoms with Crippen LogP contribution in [0.4, 0.5) is 0 Å². The maximum absolute atomic E-state index is 12.8. The van der Waals surface area contributed by atoms with Gasteiger partial charge in [0.2, 0.25) is 0 Å². The lowest BCUT2D eigenvalue weighted by atomic mass is 10.0. The molecule has 5 heteroatoms. The van der Waals surface area contributed by atoms with Crippen molar-refractivity contribution < 1.29 is 23.8 Å². The van der Waals surface area contributed by atoms with Crippen LogP contribution in [-0.2, 0) is 23.8 Å². The minimum atomic E-state index is -0.553. The fourth-order valence-corrected chi connectivity index (χ4v) is 7.56. The van der Waals surface area contributed by atoms with Crippen LogP contribution in [0.25, 0.3) is 0 Å². The number of rotatable bonds is 49. The normalized spacial score (nSPS) is 12.6. The van der Waals surface area contributed by atoms with Crippen LogP contribution >= 0.6 is 0 Å². The Morgan fingerprint density at radius 2 is 0.726 bits per heavy atom. The number of carbonyl (C=O) groups excluding carboxylic acids is 2. The minimum Gasteiger partial charge on any atom is -0.462 e. The number of hydrogen-bond acceptors (Lipinski definition) is 5. The molecule has 0 heterocycles. The molecular weight excluding hydrogens is 765 g/mol. The summed E-state index contributed by atoms with van der Waals surface area (Å²) in [6.07, 6.45) is 66.6. The molecular formula is C57H102O5. The largest absolute Gasteiger partial charge is 0.462 e. The Hall–Kier alpha value is -2.40. The van der Waals surface area contributed by atoms with Crippen molar-refractivity contribution in [3.63, 3.8) is 0 Å². The van der Waals surface area contributed by atoms with Gasteiger partial charge in [-0.15, -0.1) is 0 Å². The van der Waals surface area contributed by atoms with Crippen molar-refractivity contribution in [2.75, 3.05) is 19.8 Å². The highest BCUT2D eigenvalue weighted by atomic mass is 16.6. The molecule has 1 unspecified atom stereocenters. The zero-order valence-electron chi connectivity index (χ0n) is 41.4. The van der Waals surface area contributed by atoms with Gasteiger partial charge < -0.3 is 14.2 Å². The van der Waals surface area contributed by atoms with Gasteiger partial charge in [-0.25, -0.2) is 0 Å². The first-order chi connectivity index (χ1) is 30.6. The number of hydrogen-bond donors (Lipinski definition) is 0. The van der Waals surface area contributed by atoms with E-state index in [2.05, 4.69) is 81.5 Å². The third kappa shape index (κ3) is 50.2. The number of unbranched alkanes of at least 4 members (excludes halogenated alkanes) is 28. The first-order valence-electron chi connectivity index (χ1n) is 26.8. The first-order valence-corrected chi connectivity index (χ1v) is 26.8. The minimum absolute atomic E-state index is 0.0708. The van der Waals surface area contributed by atoms with E-state index in [1.807, 2.05) is 0 Å². The number of carbonyl (C=O) groups is 2. The molecule has 1 atom stereocenters. The van der Waals surface area contributed by atoms with E-state index in [1.54, 1.807) is 0 Å². The van der Waals surface area contributed by atoms with Crippen molar-refractivity contribution in [2.24, 2.45) is 0 Å². The van der Waals surface area contributed by atoms with Crippen molar-refractivity contribution in [1.82, 2.24) is 0 Å². The predicted molar refractivity (Wildman–Crippen MR) is 270 cm³/mol. The van der Waals surface area contributed by atoms with Crippen LogP contribution in [0.1, 0.15) is 265 Å². The van der Waals surface area contributed by atoms with Crippen LogP contribution in [0.5, 0.6) is 0 Å². The van der Waals surface area contributed by atoms with Gasteiger partial charge in [0, 0.05) is 19.4 Å². The van der Waals surface area contributed by atoms with Gasteiger partial charge in [0.25, 0.3) is 0 Å². The van der Waals surface area contributed by atoms with E-state index in [0.717, 1.165) is 83.5 Å². The van der Waals surface area contributed by atoms with Crippen LogP contribution in [0.3, 0.4) is 0 Å². The third-order valence-corrected chi connectivity index (χ3v) is 11.5. The average Bonchev–Trinajstić information content (AvgIpc) is 3.27. The van der Waals surface area contributed by atoms with Gasteiger partial charge in [-0.3, -0.25) is 9.59 Å². The molecule has 0 bridgehead atoms. The predicted octanol–water partition coefficient (Wildman–Crippen LogP) is 18.1. The molecule has 0 spiro atoms. The van der Waals surface area contributed by atoms with Gasteiger partial charge in [0.05, 0.1) is 6.61 Å². The summed E-state index contributed by atoms with van der Waals surface area (Å²) < 4.78 is 17.4. The van der Waals surface area contributed by atoms with Crippen molar-refractivity contribution in [2.45, 2.75) is 271 Å². The molecule has 0 fully saturated rings. The Kier molecular flexibility index (Phi) is 50.9.